The van der Waals surface area contributed by atoms with E-state index in [0.717, 1.165) is 24.1 Å². The van der Waals surface area contributed by atoms with Crippen molar-refractivity contribution in [3.63, 3.8) is 0 Å². The van der Waals surface area contributed by atoms with E-state index in [9.17, 15) is 19.8 Å². The molecule has 4 unspecified atom stereocenters. The van der Waals surface area contributed by atoms with Gasteiger partial charge in [-0.2, -0.15) is 5.10 Å². The molecule has 1 heterocycles. The summed E-state index contributed by atoms with van der Waals surface area (Å²) in [5.74, 6) is -0.476. The number of aliphatic hydroxyl groups is 2. The zero-order valence-electron chi connectivity index (χ0n) is 18.8. The van der Waals surface area contributed by atoms with Gasteiger partial charge in [0.2, 0.25) is 5.91 Å². The molecule has 8 heteroatoms. The normalized spacial score (nSPS) is 29.0. The van der Waals surface area contributed by atoms with E-state index in [1.807, 2.05) is 30.3 Å². The monoisotopic (exact) mass is 440 g/mol. The first-order chi connectivity index (χ1) is 15.2. The lowest BCUT2D eigenvalue weighted by atomic mass is 9.70. The Bertz CT molecular complexity index is 989. The quantitative estimate of drug-likeness (QED) is 0.452. The molecule has 4 rings (SSSR count). The Balaban J connectivity index is 1.36. The van der Waals surface area contributed by atoms with Crippen LogP contribution in [0.2, 0.25) is 0 Å². The third-order valence-electron chi connectivity index (χ3n) is 8.12. The van der Waals surface area contributed by atoms with E-state index in [1.54, 1.807) is 6.07 Å². The summed E-state index contributed by atoms with van der Waals surface area (Å²) in [4.78, 5) is 25.3. The molecule has 0 aliphatic heterocycles. The number of benzene rings is 1. The number of rotatable bonds is 7. The molecule has 2 aromatic rings. The average molecular weight is 441 g/mol. The minimum absolute atomic E-state index is 0.0401. The zero-order valence-corrected chi connectivity index (χ0v) is 18.8. The fourth-order valence-corrected chi connectivity index (χ4v) is 5.81. The highest BCUT2D eigenvalue weighted by Crippen LogP contribution is 2.68. The van der Waals surface area contributed by atoms with Crippen molar-refractivity contribution in [3.8, 4) is 11.3 Å². The number of fused-ring (bicyclic) bond motifs is 2. The maximum absolute atomic E-state index is 12.7. The molecule has 2 aliphatic rings. The lowest BCUT2D eigenvalue weighted by Gasteiger charge is -2.37. The van der Waals surface area contributed by atoms with E-state index in [-0.39, 0.29) is 35.0 Å². The van der Waals surface area contributed by atoms with Gasteiger partial charge in [-0.3, -0.25) is 14.7 Å². The molecule has 0 saturated heterocycles. The summed E-state index contributed by atoms with van der Waals surface area (Å²) in [6.07, 6.45) is 1.53. The Morgan fingerprint density at radius 1 is 1.25 bits per heavy atom. The van der Waals surface area contributed by atoms with Crippen LogP contribution < -0.4 is 10.6 Å². The lowest BCUT2D eigenvalue weighted by molar-refractivity contribution is -0.129. The minimum atomic E-state index is -1.10. The fourth-order valence-electron chi connectivity index (χ4n) is 5.81. The number of nitrogens with one attached hydrogen (secondary N) is 3. The van der Waals surface area contributed by atoms with Crippen LogP contribution in [0.15, 0.2) is 36.4 Å². The number of H-pyrrole nitrogens is 1. The largest absolute Gasteiger partial charge is 0.394 e. The molecule has 2 aliphatic carbocycles. The Morgan fingerprint density at radius 3 is 2.59 bits per heavy atom. The Hall–Kier alpha value is -2.71. The van der Waals surface area contributed by atoms with Gasteiger partial charge < -0.3 is 20.8 Å². The topological polar surface area (TPSA) is 127 Å². The maximum Gasteiger partial charge on any atom is 0.250 e. The highest BCUT2D eigenvalue weighted by Gasteiger charge is 2.65. The number of carbonyl (C=O) groups is 2. The molecular weight excluding hydrogens is 408 g/mol. The molecule has 2 amide bonds. The lowest BCUT2D eigenvalue weighted by Crippen LogP contribution is -2.47. The molecule has 32 heavy (non-hydrogen) atoms. The molecule has 1 aromatic heterocycles. The van der Waals surface area contributed by atoms with E-state index in [0.29, 0.717) is 5.82 Å². The maximum atomic E-state index is 12.7. The molecule has 0 radical (unpaired) electrons. The molecular formula is C24H32N4O4. The fraction of sp³-hybridized carbons (Fsp3) is 0.542. The molecule has 2 saturated carbocycles. The van der Waals surface area contributed by atoms with Crippen LogP contribution in [0.25, 0.3) is 11.3 Å². The summed E-state index contributed by atoms with van der Waals surface area (Å²) in [5.41, 5.74) is 1.43. The summed E-state index contributed by atoms with van der Waals surface area (Å²) < 4.78 is 0. The molecule has 1 aromatic carbocycles. The van der Waals surface area contributed by atoms with Gasteiger partial charge in [-0.05, 0) is 41.1 Å². The van der Waals surface area contributed by atoms with Gasteiger partial charge in [-0.25, -0.2) is 0 Å². The highest BCUT2D eigenvalue weighted by molar-refractivity contribution is 5.97. The van der Waals surface area contributed by atoms with Crippen LogP contribution in [-0.4, -0.2) is 51.0 Å². The summed E-state index contributed by atoms with van der Waals surface area (Å²) in [6, 6.07) is 10.1. The van der Waals surface area contributed by atoms with Crippen molar-refractivity contribution in [3.05, 3.63) is 36.4 Å². The van der Waals surface area contributed by atoms with Gasteiger partial charge in [-0.1, -0.05) is 51.1 Å². The smallest absolute Gasteiger partial charge is 0.250 e. The van der Waals surface area contributed by atoms with Crippen LogP contribution in [0.4, 0.5) is 5.82 Å². The van der Waals surface area contributed by atoms with Crippen LogP contribution in [0.3, 0.4) is 0 Å². The van der Waals surface area contributed by atoms with Crippen LogP contribution in [0.5, 0.6) is 0 Å². The molecule has 2 fully saturated rings. The predicted molar refractivity (Wildman–Crippen MR) is 120 cm³/mol. The number of hydrogen-bond acceptors (Lipinski definition) is 5. The van der Waals surface area contributed by atoms with Crippen molar-refractivity contribution in [2.24, 2.45) is 22.7 Å². The second-order valence-electron chi connectivity index (χ2n) is 9.92. The minimum Gasteiger partial charge on any atom is -0.394 e. The summed E-state index contributed by atoms with van der Waals surface area (Å²) in [7, 11) is 0. The summed E-state index contributed by atoms with van der Waals surface area (Å²) in [6.45, 7) is 5.91. The number of aromatic amines is 1. The zero-order chi connectivity index (χ0) is 23.1. The van der Waals surface area contributed by atoms with Crippen LogP contribution in [-0.2, 0) is 9.59 Å². The number of aliphatic hydroxyl groups excluding tert-OH is 2. The first kappa shape index (κ1) is 22.5. The molecule has 5 atom stereocenters. The van der Waals surface area contributed by atoms with Crippen LogP contribution in [0.1, 0.15) is 40.0 Å². The van der Waals surface area contributed by atoms with Crippen molar-refractivity contribution < 1.29 is 19.8 Å². The predicted octanol–water partition coefficient (Wildman–Crippen LogP) is 2.32. The Kier molecular flexibility index (Phi) is 5.85. The second kappa shape index (κ2) is 8.33. The van der Waals surface area contributed by atoms with E-state index in [4.69, 9.17) is 0 Å². The van der Waals surface area contributed by atoms with Gasteiger partial charge in [-0.15, -0.1) is 0 Å². The average Bonchev–Trinajstić information content (AvgIpc) is 3.36. The third kappa shape index (κ3) is 3.71. The van der Waals surface area contributed by atoms with Gasteiger partial charge in [0, 0.05) is 12.5 Å². The Labute approximate surface area is 187 Å². The summed E-state index contributed by atoms with van der Waals surface area (Å²) in [5, 5.41) is 32.8. The first-order valence-corrected chi connectivity index (χ1v) is 11.2. The molecule has 172 valence electrons. The number of anilines is 1. The second-order valence-corrected chi connectivity index (χ2v) is 9.92. The van der Waals surface area contributed by atoms with Gasteiger partial charge >= 0.3 is 0 Å². The van der Waals surface area contributed by atoms with Gasteiger partial charge in [0.25, 0.3) is 5.91 Å². The van der Waals surface area contributed by atoms with Crippen molar-refractivity contribution in [1.82, 2.24) is 15.5 Å². The van der Waals surface area contributed by atoms with E-state index in [1.165, 1.54) is 0 Å². The first-order valence-electron chi connectivity index (χ1n) is 11.2. The molecule has 5 N–H and O–H groups in total. The Morgan fingerprint density at radius 2 is 1.97 bits per heavy atom. The van der Waals surface area contributed by atoms with Crippen molar-refractivity contribution >= 4 is 17.6 Å². The van der Waals surface area contributed by atoms with Crippen molar-refractivity contribution in [1.29, 1.82) is 0 Å². The number of carbonyl (C=O) groups excluding carboxylic acids is 2. The SMILES string of the molecule is CC1(C)C2CCC1(C)C(O)C2CC(=O)N[C@@H](CO)C(=O)Nc1cc(-c2ccccc2)[nH]n1. The van der Waals surface area contributed by atoms with Gasteiger partial charge in [0.15, 0.2) is 5.82 Å². The third-order valence-corrected chi connectivity index (χ3v) is 8.12. The summed E-state index contributed by atoms with van der Waals surface area (Å²) >= 11 is 0. The van der Waals surface area contributed by atoms with Gasteiger partial charge in [0.1, 0.15) is 6.04 Å². The number of aromatic nitrogens is 2. The number of amides is 2. The number of hydrogen-bond donors (Lipinski definition) is 5. The molecule has 0 spiro atoms. The van der Waals surface area contributed by atoms with Gasteiger partial charge in [0.05, 0.1) is 18.4 Å². The van der Waals surface area contributed by atoms with E-state index < -0.39 is 24.7 Å². The van der Waals surface area contributed by atoms with Crippen molar-refractivity contribution in [2.45, 2.75) is 52.2 Å². The highest BCUT2D eigenvalue weighted by atomic mass is 16.3. The molecule has 2 bridgehead atoms. The van der Waals surface area contributed by atoms with E-state index in [2.05, 4.69) is 41.6 Å². The van der Waals surface area contributed by atoms with Crippen LogP contribution in [0, 0.1) is 22.7 Å². The van der Waals surface area contributed by atoms with Crippen LogP contribution >= 0.6 is 0 Å². The van der Waals surface area contributed by atoms with E-state index >= 15 is 0 Å². The standard InChI is InChI=1S/C24H32N4O4/c1-23(2)16-9-10-24(23,3)21(31)15(16)11-20(30)25-18(13-29)22(32)26-19-12-17(27-28-19)14-7-5-4-6-8-14/h4-8,12,15-16,18,21,29,31H,9-11,13H2,1-3H3,(H,25,30)(H2,26,27,28,32)/t15?,16?,18-,21?,24?/m0/s1. The van der Waals surface area contributed by atoms with Crippen molar-refractivity contribution in [2.75, 3.05) is 11.9 Å². The number of nitrogens with zero attached hydrogens (tertiary/aromatic N) is 1. The molecule has 8 nitrogen and oxygen atoms in total.